The van der Waals surface area contributed by atoms with Gasteiger partial charge in [-0.1, -0.05) is 12.1 Å². The Kier molecular flexibility index (Phi) is 3.48. The van der Waals surface area contributed by atoms with Crippen molar-refractivity contribution >= 4 is 15.5 Å². The maximum atomic E-state index is 12.6. The van der Waals surface area contributed by atoms with Gasteiger partial charge in [0.2, 0.25) is 0 Å². The molecule has 1 heterocycles. The zero-order chi connectivity index (χ0) is 14.3. The van der Waals surface area contributed by atoms with Crippen LogP contribution in [-0.4, -0.2) is 33.1 Å². The summed E-state index contributed by atoms with van der Waals surface area (Å²) in [6, 6.07) is 4.98. The standard InChI is InChI=1S/C11H13F3N2O2S/c12-11(13,14)19(17,18)10-4-2-1-3-9(10)16-6-5-8(15)7-16/h1-4,8H,5-7,15H2. The second-order valence-electron chi connectivity index (χ2n) is 4.41. The highest BCUT2D eigenvalue weighted by atomic mass is 32.2. The van der Waals surface area contributed by atoms with E-state index >= 15 is 0 Å². The molecule has 19 heavy (non-hydrogen) atoms. The molecule has 1 aliphatic heterocycles. The van der Waals surface area contributed by atoms with Crippen molar-refractivity contribution in [3.8, 4) is 0 Å². The van der Waals surface area contributed by atoms with Crippen molar-refractivity contribution in [1.82, 2.24) is 0 Å². The van der Waals surface area contributed by atoms with Gasteiger partial charge in [0, 0.05) is 19.1 Å². The Balaban J connectivity index is 2.48. The lowest BCUT2D eigenvalue weighted by molar-refractivity contribution is -0.0435. The topological polar surface area (TPSA) is 63.4 Å². The summed E-state index contributed by atoms with van der Waals surface area (Å²) in [6.07, 6.45) is 0.625. The van der Waals surface area contributed by atoms with Crippen LogP contribution in [0.25, 0.3) is 0 Å². The molecule has 0 spiro atoms. The van der Waals surface area contributed by atoms with Crippen molar-refractivity contribution in [1.29, 1.82) is 0 Å². The first-order chi connectivity index (χ1) is 8.73. The van der Waals surface area contributed by atoms with Crippen LogP contribution in [0.2, 0.25) is 0 Å². The van der Waals surface area contributed by atoms with Gasteiger partial charge in [0.25, 0.3) is 9.84 Å². The molecular formula is C11H13F3N2O2S. The van der Waals surface area contributed by atoms with Crippen molar-refractivity contribution in [2.45, 2.75) is 22.9 Å². The highest BCUT2D eigenvalue weighted by molar-refractivity contribution is 7.92. The molecule has 1 atom stereocenters. The van der Waals surface area contributed by atoms with Crippen molar-refractivity contribution in [3.63, 3.8) is 0 Å². The minimum atomic E-state index is -5.34. The van der Waals surface area contributed by atoms with Gasteiger partial charge >= 0.3 is 5.51 Å². The fraction of sp³-hybridized carbons (Fsp3) is 0.455. The first kappa shape index (κ1) is 14.1. The summed E-state index contributed by atoms with van der Waals surface area (Å²) in [4.78, 5) is 0.861. The van der Waals surface area contributed by atoms with Crippen molar-refractivity contribution in [3.05, 3.63) is 24.3 Å². The molecule has 0 amide bonds. The van der Waals surface area contributed by atoms with E-state index in [-0.39, 0.29) is 11.7 Å². The second-order valence-corrected chi connectivity index (χ2v) is 6.32. The van der Waals surface area contributed by atoms with Crippen LogP contribution in [0.3, 0.4) is 0 Å². The molecule has 1 aromatic carbocycles. The van der Waals surface area contributed by atoms with Gasteiger partial charge in [0.05, 0.1) is 10.6 Å². The molecule has 2 N–H and O–H groups in total. The van der Waals surface area contributed by atoms with E-state index in [9.17, 15) is 21.6 Å². The summed E-state index contributed by atoms with van der Waals surface area (Å²) < 4.78 is 61.0. The molecule has 1 fully saturated rings. The van der Waals surface area contributed by atoms with E-state index in [4.69, 9.17) is 5.73 Å². The Morgan fingerprint density at radius 2 is 1.89 bits per heavy atom. The maximum absolute atomic E-state index is 12.6. The van der Waals surface area contributed by atoms with Crippen LogP contribution in [-0.2, 0) is 9.84 Å². The third-order valence-electron chi connectivity index (χ3n) is 3.02. The van der Waals surface area contributed by atoms with Crippen LogP contribution < -0.4 is 10.6 Å². The van der Waals surface area contributed by atoms with Crippen LogP contribution in [0.1, 0.15) is 6.42 Å². The summed E-state index contributed by atoms with van der Waals surface area (Å²) >= 11 is 0. The summed E-state index contributed by atoms with van der Waals surface area (Å²) in [5, 5.41) is 0. The lowest BCUT2D eigenvalue weighted by Crippen LogP contribution is -2.29. The average Bonchev–Trinajstić information content (AvgIpc) is 2.74. The van der Waals surface area contributed by atoms with E-state index in [1.807, 2.05) is 0 Å². The number of benzene rings is 1. The van der Waals surface area contributed by atoms with Gasteiger partial charge in [-0.3, -0.25) is 0 Å². The number of alkyl halides is 3. The molecule has 1 saturated heterocycles. The predicted molar refractivity (Wildman–Crippen MR) is 64.5 cm³/mol. The number of nitrogens with zero attached hydrogens (tertiary/aromatic N) is 1. The summed E-state index contributed by atoms with van der Waals surface area (Å²) in [6.45, 7) is 0.802. The Morgan fingerprint density at radius 3 is 2.42 bits per heavy atom. The zero-order valence-corrected chi connectivity index (χ0v) is 10.7. The van der Waals surface area contributed by atoms with Crippen LogP contribution in [0, 0.1) is 0 Å². The van der Waals surface area contributed by atoms with Gasteiger partial charge in [-0.15, -0.1) is 0 Å². The number of hydrogen-bond acceptors (Lipinski definition) is 4. The van der Waals surface area contributed by atoms with E-state index in [1.165, 1.54) is 18.2 Å². The molecule has 0 aliphatic carbocycles. The third-order valence-corrected chi connectivity index (χ3v) is 4.56. The molecule has 8 heteroatoms. The molecule has 0 saturated carbocycles. The van der Waals surface area contributed by atoms with Crippen LogP contribution >= 0.6 is 0 Å². The third kappa shape index (κ3) is 2.55. The molecule has 0 radical (unpaired) electrons. The van der Waals surface area contributed by atoms with E-state index in [0.29, 0.717) is 19.5 Å². The molecule has 1 unspecified atom stereocenters. The first-order valence-corrected chi connectivity index (χ1v) is 7.12. The van der Waals surface area contributed by atoms with Crippen molar-refractivity contribution in [2.24, 2.45) is 5.73 Å². The predicted octanol–water partition coefficient (Wildman–Crippen LogP) is 1.52. The Bertz CT molecular complexity index is 572. The quantitative estimate of drug-likeness (QED) is 0.898. The molecule has 1 aromatic rings. The average molecular weight is 294 g/mol. The molecule has 1 aliphatic rings. The molecular weight excluding hydrogens is 281 g/mol. The number of sulfone groups is 1. The second kappa shape index (κ2) is 4.68. The Hall–Kier alpha value is -1.28. The summed E-state index contributed by atoms with van der Waals surface area (Å²) in [5.74, 6) is 0. The fourth-order valence-corrected chi connectivity index (χ4v) is 3.06. The summed E-state index contributed by atoms with van der Waals surface area (Å²) in [5.41, 5.74) is 0.456. The first-order valence-electron chi connectivity index (χ1n) is 5.64. The smallest absolute Gasteiger partial charge is 0.369 e. The highest BCUT2D eigenvalue weighted by Gasteiger charge is 2.48. The highest BCUT2D eigenvalue weighted by Crippen LogP contribution is 2.36. The van der Waals surface area contributed by atoms with Gasteiger partial charge in [0.1, 0.15) is 0 Å². The number of nitrogens with two attached hydrogens (primary N) is 1. The minimum Gasteiger partial charge on any atom is -0.369 e. The normalized spacial score (nSPS) is 20.8. The van der Waals surface area contributed by atoms with Gasteiger partial charge < -0.3 is 10.6 Å². The van der Waals surface area contributed by atoms with E-state index in [1.54, 1.807) is 4.90 Å². The molecule has 0 bridgehead atoms. The molecule has 106 valence electrons. The SMILES string of the molecule is NC1CCN(c2ccccc2S(=O)(=O)C(F)(F)F)C1. The van der Waals surface area contributed by atoms with Gasteiger partial charge in [-0.25, -0.2) is 8.42 Å². The Morgan fingerprint density at radius 1 is 1.26 bits per heavy atom. The van der Waals surface area contributed by atoms with Crippen LogP contribution in [0.5, 0.6) is 0 Å². The lowest BCUT2D eigenvalue weighted by atomic mass is 10.3. The molecule has 0 aromatic heterocycles. The largest absolute Gasteiger partial charge is 0.501 e. The minimum absolute atomic E-state index is 0.0628. The number of halogens is 3. The van der Waals surface area contributed by atoms with Crippen molar-refractivity contribution in [2.75, 3.05) is 18.0 Å². The summed E-state index contributed by atoms with van der Waals surface area (Å²) in [7, 11) is -5.34. The van der Waals surface area contributed by atoms with Crippen molar-refractivity contribution < 1.29 is 21.6 Å². The zero-order valence-electron chi connectivity index (χ0n) is 9.89. The van der Waals surface area contributed by atoms with Gasteiger partial charge in [-0.2, -0.15) is 13.2 Å². The van der Waals surface area contributed by atoms with Gasteiger partial charge in [-0.05, 0) is 18.6 Å². The number of anilines is 1. The molecule has 2 rings (SSSR count). The lowest BCUT2D eigenvalue weighted by Gasteiger charge is -2.22. The number of para-hydroxylation sites is 1. The maximum Gasteiger partial charge on any atom is 0.501 e. The number of rotatable bonds is 2. The number of hydrogen-bond donors (Lipinski definition) is 1. The van der Waals surface area contributed by atoms with Crippen LogP contribution in [0.4, 0.5) is 18.9 Å². The monoisotopic (exact) mass is 294 g/mol. The van der Waals surface area contributed by atoms with E-state index in [2.05, 4.69) is 0 Å². The Labute approximate surface area is 108 Å². The molecule has 4 nitrogen and oxygen atoms in total. The fourth-order valence-electron chi connectivity index (χ4n) is 2.08. The van der Waals surface area contributed by atoms with Crippen LogP contribution in [0.15, 0.2) is 29.2 Å². The van der Waals surface area contributed by atoms with E-state index < -0.39 is 20.2 Å². The van der Waals surface area contributed by atoms with E-state index in [0.717, 1.165) is 6.07 Å². The van der Waals surface area contributed by atoms with Gasteiger partial charge in [0.15, 0.2) is 0 Å².